The first kappa shape index (κ1) is 25.5. The Kier molecular flexibility index (Phi) is 8.68. The first-order chi connectivity index (χ1) is 17.0. The highest BCUT2D eigenvalue weighted by Crippen LogP contribution is 2.30. The molecule has 190 valence electrons. The Morgan fingerprint density at radius 1 is 0.857 bits per heavy atom. The average molecular weight is 483 g/mol. The van der Waals surface area contributed by atoms with Crippen LogP contribution in [0.25, 0.3) is 0 Å². The second kappa shape index (κ2) is 11.9. The quantitative estimate of drug-likeness (QED) is 0.385. The van der Waals surface area contributed by atoms with Crippen molar-refractivity contribution in [2.24, 2.45) is 0 Å². The van der Waals surface area contributed by atoms with Gasteiger partial charge in [-0.2, -0.15) is 0 Å². The fourth-order valence-electron chi connectivity index (χ4n) is 5.44. The molecule has 0 saturated carbocycles. The molecule has 1 N–H and O–H groups in total. The Bertz CT molecular complexity index is 954. The monoisotopic (exact) mass is 482 g/mol. The van der Waals surface area contributed by atoms with Gasteiger partial charge in [-0.3, -0.25) is 29.4 Å². The topological polar surface area (TPSA) is 90.0 Å². The largest absolute Gasteiger partial charge is 0.301 e. The maximum atomic E-state index is 13.2. The Labute approximate surface area is 208 Å². The number of benzene rings is 1. The number of carbonyl (C=O) groups is 4. The number of aryl methyl sites for hydroxylation is 1. The van der Waals surface area contributed by atoms with Crippen LogP contribution in [0.3, 0.4) is 0 Å². The molecule has 8 heteroatoms. The summed E-state index contributed by atoms with van der Waals surface area (Å²) in [6.07, 6.45) is 8.08. The second-order valence-corrected chi connectivity index (χ2v) is 9.99. The molecule has 3 heterocycles. The second-order valence-electron chi connectivity index (χ2n) is 9.99. The summed E-state index contributed by atoms with van der Waals surface area (Å²) in [5, 5.41) is 2.25. The molecular formula is C27H38N4O4. The minimum absolute atomic E-state index is 0.130. The predicted molar refractivity (Wildman–Crippen MR) is 133 cm³/mol. The van der Waals surface area contributed by atoms with E-state index in [2.05, 4.69) is 22.0 Å². The lowest BCUT2D eigenvalue weighted by Crippen LogP contribution is -2.54. The van der Waals surface area contributed by atoms with Crippen LogP contribution in [0.4, 0.5) is 0 Å². The maximum Gasteiger partial charge on any atom is 0.262 e. The highest BCUT2D eigenvalue weighted by atomic mass is 16.2. The van der Waals surface area contributed by atoms with Crippen molar-refractivity contribution in [1.29, 1.82) is 0 Å². The van der Waals surface area contributed by atoms with E-state index in [1.807, 2.05) is 12.1 Å². The van der Waals surface area contributed by atoms with Crippen molar-refractivity contribution in [3.63, 3.8) is 0 Å². The van der Waals surface area contributed by atoms with Crippen LogP contribution in [0.2, 0.25) is 0 Å². The van der Waals surface area contributed by atoms with E-state index in [-0.39, 0.29) is 18.7 Å². The Hall–Kier alpha value is -2.58. The molecule has 3 aliphatic heterocycles. The molecule has 35 heavy (non-hydrogen) atoms. The van der Waals surface area contributed by atoms with Gasteiger partial charge in [0.05, 0.1) is 11.1 Å². The van der Waals surface area contributed by atoms with Gasteiger partial charge in [-0.15, -0.1) is 0 Å². The number of imide groups is 2. The third-order valence-corrected chi connectivity index (χ3v) is 7.52. The van der Waals surface area contributed by atoms with Gasteiger partial charge >= 0.3 is 0 Å². The summed E-state index contributed by atoms with van der Waals surface area (Å²) < 4.78 is 0. The number of nitrogens with one attached hydrogen (secondary N) is 1. The van der Waals surface area contributed by atoms with Crippen LogP contribution in [0.15, 0.2) is 18.2 Å². The van der Waals surface area contributed by atoms with Crippen LogP contribution in [-0.4, -0.2) is 83.6 Å². The molecule has 4 rings (SSSR count). The van der Waals surface area contributed by atoms with Crippen LogP contribution in [0, 0.1) is 0 Å². The van der Waals surface area contributed by atoms with E-state index in [0.717, 1.165) is 55.8 Å². The molecule has 1 atom stereocenters. The number of hydrogen-bond donors (Lipinski definition) is 1. The maximum absolute atomic E-state index is 13.2. The van der Waals surface area contributed by atoms with Gasteiger partial charge < -0.3 is 9.80 Å². The van der Waals surface area contributed by atoms with Gasteiger partial charge in [0.15, 0.2) is 0 Å². The normalized spacial score (nSPS) is 21.5. The van der Waals surface area contributed by atoms with Crippen molar-refractivity contribution in [3.8, 4) is 0 Å². The van der Waals surface area contributed by atoms with Gasteiger partial charge in [-0.05, 0) is 56.8 Å². The number of rotatable bonds is 11. The number of unbranched alkanes of at least 4 members (excludes halogenated alkanes) is 4. The minimum atomic E-state index is -0.917. The average Bonchev–Trinajstić information content (AvgIpc) is 3.10. The van der Waals surface area contributed by atoms with Crippen LogP contribution >= 0.6 is 0 Å². The first-order valence-corrected chi connectivity index (χ1v) is 13.3. The van der Waals surface area contributed by atoms with Gasteiger partial charge in [-0.1, -0.05) is 38.3 Å². The zero-order valence-electron chi connectivity index (χ0n) is 20.9. The highest BCUT2D eigenvalue weighted by molar-refractivity contribution is 6.24. The van der Waals surface area contributed by atoms with Gasteiger partial charge in [0.1, 0.15) is 6.04 Å². The van der Waals surface area contributed by atoms with Crippen LogP contribution in [0.1, 0.15) is 84.6 Å². The molecule has 4 amide bonds. The van der Waals surface area contributed by atoms with Crippen molar-refractivity contribution in [3.05, 3.63) is 34.9 Å². The Balaban J connectivity index is 1.24. The Morgan fingerprint density at radius 3 is 2.20 bits per heavy atom. The number of hydrogen-bond acceptors (Lipinski definition) is 6. The summed E-state index contributed by atoms with van der Waals surface area (Å²) in [4.78, 5) is 56.1. The van der Waals surface area contributed by atoms with E-state index in [9.17, 15) is 19.2 Å². The van der Waals surface area contributed by atoms with Crippen LogP contribution in [0.5, 0.6) is 0 Å². The molecule has 0 bridgehead atoms. The molecule has 2 fully saturated rings. The standard InChI is InChI=1S/C27H38N4O4/c1-2-3-6-14-29-16-18-30(19-17-29)15-7-4-5-9-20-10-8-11-21-24(20)27(35)31(26(21)34)22-12-13-23(32)28-25(22)33/h8,10-11,22H,2-7,9,12-19H2,1H3,(H,28,32,33). The molecule has 0 aromatic heterocycles. The summed E-state index contributed by atoms with van der Waals surface area (Å²) in [5.74, 6) is -1.78. The lowest BCUT2D eigenvalue weighted by Gasteiger charge is -2.34. The van der Waals surface area contributed by atoms with E-state index in [4.69, 9.17) is 0 Å². The number of carbonyl (C=O) groups excluding carboxylic acids is 4. The Morgan fingerprint density at radius 2 is 1.54 bits per heavy atom. The number of piperazine rings is 1. The molecule has 1 aromatic rings. The predicted octanol–water partition coefficient (Wildman–Crippen LogP) is 2.61. The minimum Gasteiger partial charge on any atom is -0.301 e. The fourth-order valence-corrected chi connectivity index (χ4v) is 5.44. The number of piperidine rings is 1. The van der Waals surface area contributed by atoms with E-state index in [0.29, 0.717) is 11.1 Å². The summed E-state index contributed by atoms with van der Waals surface area (Å²) in [7, 11) is 0. The van der Waals surface area contributed by atoms with Crippen molar-refractivity contribution in [2.45, 2.75) is 70.8 Å². The molecule has 3 aliphatic rings. The van der Waals surface area contributed by atoms with Crippen LogP contribution < -0.4 is 5.32 Å². The summed E-state index contributed by atoms with van der Waals surface area (Å²) in [6.45, 7) is 9.20. The van der Waals surface area contributed by atoms with Crippen molar-refractivity contribution in [1.82, 2.24) is 20.0 Å². The van der Waals surface area contributed by atoms with Gasteiger partial charge in [0, 0.05) is 32.6 Å². The smallest absolute Gasteiger partial charge is 0.262 e. The molecular weight excluding hydrogens is 444 g/mol. The van der Waals surface area contributed by atoms with E-state index >= 15 is 0 Å². The van der Waals surface area contributed by atoms with Crippen molar-refractivity contribution < 1.29 is 19.2 Å². The molecule has 1 aromatic carbocycles. The molecule has 0 radical (unpaired) electrons. The third kappa shape index (κ3) is 5.98. The molecule has 0 aliphatic carbocycles. The van der Waals surface area contributed by atoms with Gasteiger partial charge in [0.25, 0.3) is 11.8 Å². The van der Waals surface area contributed by atoms with Crippen molar-refractivity contribution >= 4 is 23.6 Å². The molecule has 2 saturated heterocycles. The van der Waals surface area contributed by atoms with Gasteiger partial charge in [0.2, 0.25) is 11.8 Å². The third-order valence-electron chi connectivity index (χ3n) is 7.52. The SMILES string of the molecule is CCCCCN1CCN(CCCCCc2cccc3c2C(=O)N(C2CCC(=O)NC2=O)C3=O)CC1. The van der Waals surface area contributed by atoms with E-state index in [1.165, 1.54) is 38.9 Å². The highest BCUT2D eigenvalue weighted by Gasteiger charge is 2.45. The molecule has 8 nitrogen and oxygen atoms in total. The molecule has 1 unspecified atom stereocenters. The number of fused-ring (bicyclic) bond motifs is 1. The molecule has 0 spiro atoms. The lowest BCUT2D eigenvalue weighted by atomic mass is 9.98. The van der Waals surface area contributed by atoms with E-state index in [1.54, 1.807) is 6.07 Å². The fraction of sp³-hybridized carbons (Fsp3) is 0.630. The summed E-state index contributed by atoms with van der Waals surface area (Å²) in [5.41, 5.74) is 1.67. The first-order valence-electron chi connectivity index (χ1n) is 13.3. The van der Waals surface area contributed by atoms with Gasteiger partial charge in [-0.25, -0.2) is 0 Å². The van der Waals surface area contributed by atoms with Crippen LogP contribution in [-0.2, 0) is 16.0 Å². The lowest BCUT2D eigenvalue weighted by molar-refractivity contribution is -0.136. The summed E-state index contributed by atoms with van der Waals surface area (Å²) in [6, 6.07) is 4.47. The number of nitrogens with zero attached hydrogens (tertiary/aromatic N) is 3. The summed E-state index contributed by atoms with van der Waals surface area (Å²) >= 11 is 0. The zero-order chi connectivity index (χ0) is 24.8. The van der Waals surface area contributed by atoms with E-state index < -0.39 is 23.8 Å². The number of amides is 4. The van der Waals surface area contributed by atoms with Crippen molar-refractivity contribution in [2.75, 3.05) is 39.3 Å². The zero-order valence-corrected chi connectivity index (χ0v) is 20.9.